The molecule has 0 rings (SSSR count). The third kappa shape index (κ3) is 41.2. The topological polar surface area (TPSA) is 105 Å². The maximum atomic E-state index is 12.9. The first kappa shape index (κ1) is 55.0. The molecule has 332 valence electrons. The van der Waals surface area contributed by atoms with E-state index in [9.17, 15) is 19.4 Å². The number of quaternary nitrogens is 1. The van der Waals surface area contributed by atoms with E-state index >= 15 is 0 Å². The fraction of sp³-hybridized carbons (Fsp3) is 0.894. The first-order valence-corrected chi connectivity index (χ1v) is 25.2. The van der Waals surface area contributed by atoms with E-state index in [0.717, 1.165) is 38.5 Å². The molecule has 9 heteroatoms. The first-order chi connectivity index (χ1) is 27.0. The van der Waals surface area contributed by atoms with Gasteiger partial charge in [-0.15, -0.1) is 0 Å². The van der Waals surface area contributed by atoms with Crippen LogP contribution in [0.2, 0.25) is 0 Å². The molecule has 0 saturated carbocycles. The summed E-state index contributed by atoms with van der Waals surface area (Å²) in [5.41, 5.74) is 0. The Hall–Kier alpha value is -1.02. The van der Waals surface area contributed by atoms with Gasteiger partial charge in [-0.05, 0) is 32.1 Å². The van der Waals surface area contributed by atoms with Crippen LogP contribution in [-0.4, -0.2) is 73.4 Å². The van der Waals surface area contributed by atoms with E-state index in [1.807, 2.05) is 27.2 Å². The monoisotopic (exact) mass is 814 g/mol. The van der Waals surface area contributed by atoms with Gasteiger partial charge in [-0.3, -0.25) is 13.8 Å². The molecule has 0 aromatic heterocycles. The van der Waals surface area contributed by atoms with Crippen LogP contribution in [0.1, 0.15) is 219 Å². The zero-order valence-electron chi connectivity index (χ0n) is 37.6. The van der Waals surface area contributed by atoms with Gasteiger partial charge in [-0.2, -0.15) is 0 Å². The summed E-state index contributed by atoms with van der Waals surface area (Å²) < 4.78 is 23.6. The highest BCUT2D eigenvalue weighted by Gasteiger charge is 2.27. The van der Waals surface area contributed by atoms with Gasteiger partial charge >= 0.3 is 7.82 Å². The number of hydrogen-bond acceptors (Lipinski definition) is 5. The molecule has 0 bridgehead atoms. The van der Waals surface area contributed by atoms with Crippen LogP contribution in [0.25, 0.3) is 0 Å². The van der Waals surface area contributed by atoms with Crippen molar-refractivity contribution in [2.75, 3.05) is 40.9 Å². The molecule has 0 heterocycles. The number of phosphoric ester groups is 1. The van der Waals surface area contributed by atoms with Crippen molar-refractivity contribution >= 4 is 13.7 Å². The summed E-state index contributed by atoms with van der Waals surface area (Å²) in [6, 6.07) is -0.858. The van der Waals surface area contributed by atoms with Gasteiger partial charge in [0.05, 0.1) is 39.9 Å². The molecule has 0 fully saturated rings. The Morgan fingerprint density at radius 3 is 1.43 bits per heavy atom. The van der Waals surface area contributed by atoms with Gasteiger partial charge < -0.3 is 19.8 Å². The Morgan fingerprint density at radius 1 is 0.589 bits per heavy atom. The van der Waals surface area contributed by atoms with Crippen LogP contribution in [0.15, 0.2) is 24.3 Å². The second kappa shape index (κ2) is 39.4. The molecule has 0 aliphatic carbocycles. The van der Waals surface area contributed by atoms with Crippen LogP contribution in [0, 0.1) is 0 Å². The minimum absolute atomic E-state index is 0.0583. The molecule has 3 N–H and O–H groups in total. The van der Waals surface area contributed by atoms with Crippen molar-refractivity contribution in [3.8, 4) is 0 Å². The molecular formula is C47H94N2O6P+. The molecule has 3 unspecified atom stereocenters. The number of likely N-dealkylation sites (N-methyl/N-ethyl adjacent to an activating group) is 1. The Balaban J connectivity index is 4.37. The number of carbonyl (C=O) groups excluding carboxylic acids is 1. The summed E-state index contributed by atoms with van der Waals surface area (Å²) >= 11 is 0. The maximum Gasteiger partial charge on any atom is 0.472 e. The highest BCUT2D eigenvalue weighted by molar-refractivity contribution is 7.47. The first-order valence-electron chi connectivity index (χ1n) is 23.7. The minimum atomic E-state index is -4.34. The SMILES string of the molecule is CCCCCCCCCCC/C=C/CC/C=C/C(O)C(COP(=O)(O)OCC[N+](C)(C)C)NC(=O)CCCCCCCCCCCCCCCCCCCCC. The zero-order chi connectivity index (χ0) is 41.4. The van der Waals surface area contributed by atoms with Gasteiger partial charge in [0.15, 0.2) is 0 Å². The number of nitrogens with zero attached hydrogens (tertiary/aromatic N) is 1. The molecule has 0 spiro atoms. The lowest BCUT2D eigenvalue weighted by Crippen LogP contribution is -2.45. The van der Waals surface area contributed by atoms with E-state index in [-0.39, 0.29) is 19.1 Å². The second-order valence-corrected chi connectivity index (χ2v) is 18.9. The largest absolute Gasteiger partial charge is 0.472 e. The third-order valence-electron chi connectivity index (χ3n) is 10.7. The Kier molecular flexibility index (Phi) is 38.7. The molecular weight excluding hydrogens is 719 g/mol. The lowest BCUT2D eigenvalue weighted by atomic mass is 10.0. The van der Waals surface area contributed by atoms with Crippen LogP contribution in [0.5, 0.6) is 0 Å². The fourth-order valence-electron chi connectivity index (χ4n) is 6.88. The predicted molar refractivity (Wildman–Crippen MR) is 240 cm³/mol. The normalized spacial score (nSPS) is 14.5. The molecule has 0 saturated heterocycles. The van der Waals surface area contributed by atoms with Crippen molar-refractivity contribution < 1.29 is 32.9 Å². The quantitative estimate of drug-likeness (QED) is 0.0245. The second-order valence-electron chi connectivity index (χ2n) is 17.5. The lowest BCUT2D eigenvalue weighted by Gasteiger charge is -2.25. The van der Waals surface area contributed by atoms with Gasteiger partial charge in [0.1, 0.15) is 13.2 Å². The van der Waals surface area contributed by atoms with Crippen molar-refractivity contribution in [3.05, 3.63) is 24.3 Å². The summed E-state index contributed by atoms with van der Waals surface area (Å²) in [5.74, 6) is -0.184. The molecule has 0 radical (unpaired) electrons. The number of aliphatic hydroxyl groups is 1. The van der Waals surface area contributed by atoms with Gasteiger partial charge in [-0.25, -0.2) is 4.57 Å². The van der Waals surface area contributed by atoms with Crippen LogP contribution in [0.4, 0.5) is 0 Å². The summed E-state index contributed by atoms with van der Waals surface area (Å²) in [6.07, 6.45) is 46.8. The van der Waals surface area contributed by atoms with E-state index in [1.54, 1.807) is 6.08 Å². The van der Waals surface area contributed by atoms with E-state index in [4.69, 9.17) is 9.05 Å². The number of rotatable bonds is 43. The Labute approximate surface area is 347 Å². The number of allylic oxidation sites excluding steroid dienone is 3. The molecule has 8 nitrogen and oxygen atoms in total. The number of unbranched alkanes of at least 4 members (excludes halogenated alkanes) is 28. The number of aliphatic hydroxyl groups excluding tert-OH is 1. The Morgan fingerprint density at radius 2 is 0.982 bits per heavy atom. The predicted octanol–water partition coefficient (Wildman–Crippen LogP) is 13.3. The van der Waals surface area contributed by atoms with E-state index in [2.05, 4.69) is 31.3 Å². The van der Waals surface area contributed by atoms with Crippen LogP contribution in [0.3, 0.4) is 0 Å². The number of hydrogen-bond donors (Lipinski definition) is 3. The number of amides is 1. The number of nitrogens with one attached hydrogen (secondary N) is 1. The smallest absolute Gasteiger partial charge is 0.387 e. The van der Waals surface area contributed by atoms with Crippen molar-refractivity contribution in [1.82, 2.24) is 5.32 Å². The van der Waals surface area contributed by atoms with Gasteiger partial charge in [0.25, 0.3) is 0 Å². The molecule has 0 aliphatic rings. The fourth-order valence-corrected chi connectivity index (χ4v) is 7.62. The summed E-state index contributed by atoms with van der Waals surface area (Å²) in [5, 5.41) is 13.8. The molecule has 3 atom stereocenters. The summed E-state index contributed by atoms with van der Waals surface area (Å²) in [4.78, 5) is 23.1. The minimum Gasteiger partial charge on any atom is -0.387 e. The number of carbonyl (C=O) groups is 1. The molecule has 0 aromatic rings. The van der Waals surface area contributed by atoms with Gasteiger partial charge in [-0.1, -0.05) is 205 Å². The van der Waals surface area contributed by atoms with Crippen molar-refractivity contribution in [1.29, 1.82) is 0 Å². The van der Waals surface area contributed by atoms with E-state index < -0.39 is 20.0 Å². The van der Waals surface area contributed by atoms with Crippen LogP contribution in [-0.2, 0) is 18.4 Å². The van der Waals surface area contributed by atoms with Gasteiger partial charge in [0, 0.05) is 6.42 Å². The highest BCUT2D eigenvalue weighted by atomic mass is 31.2. The summed E-state index contributed by atoms with van der Waals surface area (Å²) in [7, 11) is 1.56. The molecule has 56 heavy (non-hydrogen) atoms. The van der Waals surface area contributed by atoms with Crippen molar-refractivity contribution in [2.24, 2.45) is 0 Å². The summed E-state index contributed by atoms with van der Waals surface area (Å²) in [6.45, 7) is 4.81. The maximum absolute atomic E-state index is 12.9. The van der Waals surface area contributed by atoms with E-state index in [0.29, 0.717) is 17.4 Å². The van der Waals surface area contributed by atoms with Crippen LogP contribution < -0.4 is 5.32 Å². The zero-order valence-corrected chi connectivity index (χ0v) is 38.5. The average Bonchev–Trinajstić information content (AvgIpc) is 3.15. The standard InChI is InChI=1S/C47H93N2O6P/c1-6-8-10-12-14-16-18-20-22-23-24-25-27-29-31-33-35-37-39-41-47(51)48-45(44-55-56(52,53)54-43-42-49(3,4)5)46(50)40-38-36-34-32-30-28-26-21-19-17-15-13-11-9-7-2/h30,32,38,40,45-46,50H,6-29,31,33-37,39,41-44H2,1-5H3,(H-,48,51,52,53)/p+1/b32-30+,40-38+. The van der Waals surface area contributed by atoms with Crippen molar-refractivity contribution in [3.63, 3.8) is 0 Å². The third-order valence-corrected chi connectivity index (χ3v) is 11.7. The van der Waals surface area contributed by atoms with Gasteiger partial charge in [0.2, 0.25) is 5.91 Å². The molecule has 0 aliphatic heterocycles. The Bertz CT molecular complexity index is 969. The lowest BCUT2D eigenvalue weighted by molar-refractivity contribution is -0.870. The number of phosphoric acid groups is 1. The highest BCUT2D eigenvalue weighted by Crippen LogP contribution is 2.43. The van der Waals surface area contributed by atoms with Crippen molar-refractivity contribution in [2.45, 2.75) is 231 Å². The molecule has 0 aromatic carbocycles. The van der Waals surface area contributed by atoms with Crippen LogP contribution >= 0.6 is 7.82 Å². The average molecular weight is 814 g/mol. The van der Waals surface area contributed by atoms with E-state index in [1.165, 1.54) is 161 Å². The molecule has 1 amide bonds.